The Labute approximate surface area is 148 Å². The van der Waals surface area contributed by atoms with Crippen molar-refractivity contribution in [3.63, 3.8) is 0 Å². The molecule has 21 heavy (non-hydrogen) atoms. The Bertz CT molecular complexity index is 707. The molecule has 2 N–H and O–H groups in total. The van der Waals surface area contributed by atoms with E-state index in [2.05, 4.69) is 15.7 Å². The fourth-order valence-corrected chi connectivity index (χ4v) is 2.52. The summed E-state index contributed by atoms with van der Waals surface area (Å²) in [5.74, 6) is -0.736. The van der Waals surface area contributed by atoms with Crippen LogP contribution in [0.25, 0.3) is 0 Å². The minimum atomic E-state index is -4.50. The van der Waals surface area contributed by atoms with E-state index in [0.29, 0.717) is 0 Å². The van der Waals surface area contributed by atoms with E-state index < -0.39 is 27.1 Å². The molecule has 1 heterocycles. The molecule has 8 nitrogen and oxygen atoms in total. The quantitative estimate of drug-likeness (QED) is 0.474. The van der Waals surface area contributed by atoms with Gasteiger partial charge in [0.15, 0.2) is 6.17 Å². The van der Waals surface area contributed by atoms with Crippen LogP contribution in [0.15, 0.2) is 39.4 Å². The molecule has 107 valence electrons. The molecule has 1 aromatic rings. The van der Waals surface area contributed by atoms with E-state index in [1.165, 1.54) is 23.2 Å². The Morgan fingerprint density at radius 2 is 2.05 bits per heavy atom. The third-order valence-corrected chi connectivity index (χ3v) is 3.71. The summed E-state index contributed by atoms with van der Waals surface area (Å²) in [7, 11) is -4.50. The van der Waals surface area contributed by atoms with Crippen LogP contribution in [0.2, 0.25) is 0 Å². The zero-order chi connectivity index (χ0) is 14.9. The number of amides is 1. The van der Waals surface area contributed by atoms with Gasteiger partial charge in [0, 0.05) is 29.6 Å². The van der Waals surface area contributed by atoms with Gasteiger partial charge in [-0.2, -0.15) is 13.5 Å². The Hall–Kier alpha value is -0.910. The zero-order valence-corrected chi connectivity index (χ0v) is 14.8. The number of hydrogen-bond acceptors (Lipinski definition) is 5. The summed E-state index contributed by atoms with van der Waals surface area (Å²) in [6.45, 7) is 1.65. The molecule has 1 radical (unpaired) electrons. The first-order valence-corrected chi connectivity index (χ1v) is 7.27. The molecule has 0 aliphatic carbocycles. The van der Waals surface area contributed by atoms with Crippen molar-refractivity contribution in [2.75, 3.05) is 0 Å². The first-order chi connectivity index (χ1) is 9.30. The number of rotatable bonds is 3. The summed E-state index contributed by atoms with van der Waals surface area (Å²) in [4.78, 5) is 11.6. The minimum absolute atomic E-state index is 0. The Balaban J connectivity index is 0.00000220. The molecule has 0 spiro atoms. The molecule has 1 atom stereocenters. The molecule has 1 unspecified atom stereocenters. The predicted octanol–water partition coefficient (Wildman–Crippen LogP) is 0.596. The summed E-state index contributed by atoms with van der Waals surface area (Å²) in [6.07, 6.45) is -0.482. The van der Waals surface area contributed by atoms with Gasteiger partial charge in [-0.1, -0.05) is 12.1 Å². The average Bonchev–Trinajstić information content (AvgIpc) is 2.69. The number of carbonyl (C=O) groups excluding carboxylic acids is 1. The first-order valence-electron chi connectivity index (χ1n) is 5.42. The van der Waals surface area contributed by atoms with Crippen molar-refractivity contribution in [2.45, 2.75) is 18.0 Å². The second-order valence-electron chi connectivity index (χ2n) is 3.91. The van der Waals surface area contributed by atoms with Crippen LogP contribution in [0, 0.1) is 0 Å². The first kappa shape index (κ1) is 18.1. The van der Waals surface area contributed by atoms with Crippen LogP contribution in [0.4, 0.5) is 0 Å². The molecule has 0 aromatic heterocycles. The molecular weight excluding hydrogens is 327 g/mol. The summed E-state index contributed by atoms with van der Waals surface area (Å²) in [5.41, 5.74) is 2.20. The molecule has 1 aromatic carbocycles. The van der Waals surface area contributed by atoms with Crippen LogP contribution < -0.4 is 5.43 Å². The van der Waals surface area contributed by atoms with E-state index in [0.717, 1.165) is 6.07 Å². The second kappa shape index (κ2) is 6.90. The standard InChI is InChI=1S/C10H10N4O4S2.Na/c1-6-11-12-10(19)14(6)13-9(15)7-4-2-3-5-8(7)20(16,17)18;/h2-6H,1H3,(H,13,15)(H,16,17,18);. The SMILES string of the molecule is CC1N=NC(=S)N1NC(=O)c1ccccc1S(=O)(=O)O.[Na]. The van der Waals surface area contributed by atoms with E-state index in [4.69, 9.17) is 16.8 Å². The van der Waals surface area contributed by atoms with Gasteiger partial charge in [0.1, 0.15) is 4.90 Å². The molecule has 0 saturated carbocycles. The smallest absolute Gasteiger partial charge is 0.282 e. The Morgan fingerprint density at radius 1 is 1.43 bits per heavy atom. The van der Waals surface area contributed by atoms with E-state index in [9.17, 15) is 13.2 Å². The van der Waals surface area contributed by atoms with E-state index in [1.807, 2.05) is 0 Å². The van der Waals surface area contributed by atoms with Gasteiger partial charge in [0.05, 0.1) is 5.56 Å². The Kier molecular flexibility index (Phi) is 5.96. The van der Waals surface area contributed by atoms with Crippen molar-refractivity contribution < 1.29 is 17.8 Å². The molecule has 1 aliphatic heterocycles. The summed E-state index contributed by atoms with van der Waals surface area (Å²) in [6, 6.07) is 5.28. The maximum atomic E-state index is 12.1. The van der Waals surface area contributed by atoms with Gasteiger partial charge in [-0.15, -0.1) is 5.11 Å². The fraction of sp³-hybridized carbons (Fsp3) is 0.200. The summed E-state index contributed by atoms with van der Waals surface area (Å²) < 4.78 is 31.5. The monoisotopic (exact) mass is 337 g/mol. The van der Waals surface area contributed by atoms with Gasteiger partial charge < -0.3 is 0 Å². The number of carbonyl (C=O) groups is 1. The minimum Gasteiger partial charge on any atom is -0.282 e. The number of hydrazine groups is 1. The van der Waals surface area contributed by atoms with Crippen molar-refractivity contribution in [1.82, 2.24) is 10.4 Å². The summed E-state index contributed by atoms with van der Waals surface area (Å²) >= 11 is 4.88. The van der Waals surface area contributed by atoms with Crippen LogP contribution in [-0.4, -0.2) is 64.7 Å². The molecule has 0 saturated heterocycles. The van der Waals surface area contributed by atoms with Crippen LogP contribution in [-0.2, 0) is 10.1 Å². The fourth-order valence-electron chi connectivity index (χ4n) is 1.58. The number of thiocarbonyl (C=S) groups is 1. The Morgan fingerprint density at radius 3 is 2.57 bits per heavy atom. The van der Waals surface area contributed by atoms with E-state index in [-0.39, 0.29) is 40.2 Å². The number of nitrogens with one attached hydrogen (secondary N) is 1. The topological polar surface area (TPSA) is 111 Å². The normalized spacial score (nSPS) is 17.5. The van der Waals surface area contributed by atoms with Gasteiger partial charge in [-0.3, -0.25) is 14.8 Å². The van der Waals surface area contributed by atoms with Gasteiger partial charge in [0.2, 0.25) is 5.11 Å². The van der Waals surface area contributed by atoms with Crippen molar-refractivity contribution in [3.05, 3.63) is 29.8 Å². The molecule has 11 heteroatoms. The molecule has 0 fully saturated rings. The largest absolute Gasteiger partial charge is 0.295 e. The van der Waals surface area contributed by atoms with Crippen molar-refractivity contribution in [2.24, 2.45) is 10.2 Å². The summed E-state index contributed by atoms with van der Waals surface area (Å²) in [5, 5.41) is 8.65. The van der Waals surface area contributed by atoms with Gasteiger partial charge in [-0.05, 0) is 31.3 Å². The van der Waals surface area contributed by atoms with Crippen molar-refractivity contribution >= 4 is 62.9 Å². The zero-order valence-electron chi connectivity index (χ0n) is 11.2. The van der Waals surface area contributed by atoms with Crippen LogP contribution in [0.1, 0.15) is 17.3 Å². The van der Waals surface area contributed by atoms with Crippen molar-refractivity contribution in [1.29, 1.82) is 0 Å². The molecule has 0 bridgehead atoms. The van der Waals surface area contributed by atoms with E-state index in [1.54, 1.807) is 6.92 Å². The maximum absolute atomic E-state index is 12.1. The van der Waals surface area contributed by atoms with Gasteiger partial charge in [-0.25, -0.2) is 5.01 Å². The number of azo groups is 1. The third kappa shape index (κ3) is 4.05. The molecule has 1 aliphatic rings. The van der Waals surface area contributed by atoms with Crippen LogP contribution >= 0.6 is 12.2 Å². The van der Waals surface area contributed by atoms with Crippen molar-refractivity contribution in [3.8, 4) is 0 Å². The molecular formula is C10H10N4NaO4S2. The van der Waals surface area contributed by atoms with E-state index >= 15 is 0 Å². The predicted molar refractivity (Wildman–Crippen MR) is 78.2 cm³/mol. The maximum Gasteiger partial charge on any atom is 0.295 e. The number of nitrogens with zero attached hydrogens (tertiary/aromatic N) is 3. The molecule has 1 amide bonds. The average molecular weight is 337 g/mol. The third-order valence-electron chi connectivity index (χ3n) is 2.52. The van der Waals surface area contributed by atoms with Crippen LogP contribution in [0.5, 0.6) is 0 Å². The van der Waals surface area contributed by atoms with Crippen LogP contribution in [0.3, 0.4) is 0 Å². The number of hydrogen-bond donors (Lipinski definition) is 2. The van der Waals surface area contributed by atoms with Gasteiger partial charge in [0.25, 0.3) is 16.0 Å². The number of benzene rings is 1. The van der Waals surface area contributed by atoms with Gasteiger partial charge >= 0.3 is 0 Å². The second-order valence-corrected chi connectivity index (χ2v) is 5.67. The molecule has 2 rings (SSSR count).